The highest BCUT2D eigenvalue weighted by Gasteiger charge is 2.23. The summed E-state index contributed by atoms with van der Waals surface area (Å²) < 4.78 is 1.89. The summed E-state index contributed by atoms with van der Waals surface area (Å²) in [5, 5.41) is 10.5. The van der Waals surface area contributed by atoms with Gasteiger partial charge in [-0.15, -0.1) is 0 Å². The Hall–Kier alpha value is -1.75. The number of halogens is 3. The largest absolute Gasteiger partial charge is 0.478 e. The molecule has 0 saturated carbocycles. The Morgan fingerprint density at radius 3 is 2.58 bits per heavy atom. The second-order valence-electron chi connectivity index (χ2n) is 6.03. The zero-order valence-corrected chi connectivity index (χ0v) is 16.4. The monoisotopic (exact) mass is 410 g/mol. The summed E-state index contributed by atoms with van der Waals surface area (Å²) >= 11 is 18.6. The molecule has 1 heterocycles. The third kappa shape index (κ3) is 3.54. The fourth-order valence-electron chi connectivity index (χ4n) is 2.98. The number of carbonyl (C=O) groups is 1. The Balaban J connectivity index is 2.27. The molecule has 3 rings (SSSR count). The number of imidazole rings is 1. The molecule has 3 aromatic rings. The molecular formula is C19H17Cl3N2O2. The van der Waals surface area contributed by atoms with E-state index < -0.39 is 5.97 Å². The van der Waals surface area contributed by atoms with E-state index in [0.717, 1.165) is 30.7 Å². The van der Waals surface area contributed by atoms with Crippen LogP contribution >= 0.6 is 34.8 Å². The van der Waals surface area contributed by atoms with Gasteiger partial charge in [0.15, 0.2) is 0 Å². The molecule has 1 N–H and O–H groups in total. The lowest BCUT2D eigenvalue weighted by atomic mass is 10.1. The van der Waals surface area contributed by atoms with Crippen molar-refractivity contribution in [3.05, 3.63) is 62.4 Å². The molecule has 0 spiro atoms. The van der Waals surface area contributed by atoms with E-state index in [1.807, 2.05) is 28.8 Å². The molecule has 7 heteroatoms. The molecule has 0 saturated heterocycles. The van der Waals surface area contributed by atoms with Crippen LogP contribution in [-0.2, 0) is 13.0 Å². The zero-order valence-electron chi connectivity index (χ0n) is 14.1. The number of carboxylic acid groups (broad SMARTS) is 1. The third-order valence-corrected chi connectivity index (χ3v) is 5.41. The predicted octanol–water partition coefficient (Wildman–Crippen LogP) is 6.09. The van der Waals surface area contributed by atoms with E-state index in [1.165, 1.54) is 0 Å². The molecule has 0 atom stereocenters. The molecule has 0 aliphatic carbocycles. The van der Waals surface area contributed by atoms with Crippen molar-refractivity contribution < 1.29 is 9.90 Å². The van der Waals surface area contributed by atoms with Crippen LogP contribution in [0.25, 0.3) is 11.0 Å². The fourth-order valence-corrected chi connectivity index (χ4v) is 3.60. The van der Waals surface area contributed by atoms with Gasteiger partial charge in [0.1, 0.15) is 11.4 Å². The minimum Gasteiger partial charge on any atom is -0.478 e. The first kappa shape index (κ1) is 19.0. The van der Waals surface area contributed by atoms with Crippen LogP contribution in [0.2, 0.25) is 15.1 Å². The maximum absolute atomic E-state index is 11.9. The normalized spacial score (nSPS) is 11.2. The van der Waals surface area contributed by atoms with Gasteiger partial charge in [-0.1, -0.05) is 66.3 Å². The van der Waals surface area contributed by atoms with Crippen molar-refractivity contribution in [3.8, 4) is 0 Å². The Bertz CT molecular complexity index is 983. The first-order valence-corrected chi connectivity index (χ1v) is 9.41. The minimum atomic E-state index is -1.13. The number of unbranched alkanes of at least 4 members (excludes halogenated alkanes) is 1. The van der Waals surface area contributed by atoms with Gasteiger partial charge in [0.05, 0.1) is 27.6 Å². The van der Waals surface area contributed by atoms with Crippen molar-refractivity contribution in [1.82, 2.24) is 9.55 Å². The SMILES string of the molecule is CCCCc1nc2cc(Cl)c(Cl)c(C(=O)O)c2n1Cc1ccccc1Cl. The number of aromatic nitrogens is 2. The Morgan fingerprint density at radius 2 is 1.92 bits per heavy atom. The average Bonchev–Trinajstić information content (AvgIpc) is 2.92. The number of carboxylic acids is 1. The minimum absolute atomic E-state index is 0.0222. The van der Waals surface area contributed by atoms with Gasteiger partial charge in [0, 0.05) is 11.4 Å². The fraction of sp³-hybridized carbons (Fsp3) is 0.263. The number of nitrogens with zero attached hydrogens (tertiary/aromatic N) is 2. The van der Waals surface area contributed by atoms with E-state index in [1.54, 1.807) is 6.07 Å². The van der Waals surface area contributed by atoms with Gasteiger partial charge >= 0.3 is 5.97 Å². The Labute approximate surface area is 166 Å². The summed E-state index contributed by atoms with van der Waals surface area (Å²) in [4.78, 5) is 16.5. The molecule has 1 aromatic heterocycles. The first-order chi connectivity index (χ1) is 12.4. The molecule has 0 fully saturated rings. The Morgan fingerprint density at radius 1 is 1.19 bits per heavy atom. The van der Waals surface area contributed by atoms with E-state index in [0.29, 0.717) is 22.6 Å². The summed E-state index contributed by atoms with van der Waals surface area (Å²) in [6.45, 7) is 2.50. The van der Waals surface area contributed by atoms with Crippen LogP contribution in [0.15, 0.2) is 30.3 Å². The quantitative estimate of drug-likeness (QED) is 0.534. The van der Waals surface area contributed by atoms with Crippen molar-refractivity contribution >= 4 is 51.8 Å². The lowest BCUT2D eigenvalue weighted by Crippen LogP contribution is -2.09. The van der Waals surface area contributed by atoms with Gasteiger partial charge < -0.3 is 9.67 Å². The van der Waals surface area contributed by atoms with E-state index in [-0.39, 0.29) is 15.6 Å². The van der Waals surface area contributed by atoms with E-state index in [4.69, 9.17) is 34.8 Å². The topological polar surface area (TPSA) is 55.1 Å². The maximum Gasteiger partial charge on any atom is 0.339 e. The van der Waals surface area contributed by atoms with E-state index in [2.05, 4.69) is 11.9 Å². The standard InChI is InChI=1S/C19H17Cl3N2O2/c1-2-3-8-15-23-14-9-13(21)17(22)16(19(25)26)18(14)24(15)10-11-6-4-5-7-12(11)20/h4-7,9H,2-3,8,10H2,1H3,(H,25,26). The summed E-state index contributed by atoms with van der Waals surface area (Å²) in [5.74, 6) is -0.340. The van der Waals surface area contributed by atoms with Crippen LogP contribution in [0.3, 0.4) is 0 Å². The average molecular weight is 412 g/mol. The molecule has 26 heavy (non-hydrogen) atoms. The lowest BCUT2D eigenvalue weighted by Gasteiger charge is -2.13. The highest BCUT2D eigenvalue weighted by Crippen LogP contribution is 2.34. The van der Waals surface area contributed by atoms with Gasteiger partial charge in [-0.3, -0.25) is 0 Å². The van der Waals surface area contributed by atoms with Gasteiger partial charge in [-0.2, -0.15) is 0 Å². The summed E-state index contributed by atoms with van der Waals surface area (Å²) in [6.07, 6.45) is 2.67. The number of benzene rings is 2. The van der Waals surface area contributed by atoms with Gasteiger partial charge in [0.25, 0.3) is 0 Å². The van der Waals surface area contributed by atoms with Crippen LogP contribution in [0.1, 0.15) is 41.5 Å². The van der Waals surface area contributed by atoms with Crippen LogP contribution in [0.4, 0.5) is 0 Å². The van der Waals surface area contributed by atoms with Crippen LogP contribution in [0.5, 0.6) is 0 Å². The number of fused-ring (bicyclic) bond motifs is 1. The first-order valence-electron chi connectivity index (χ1n) is 8.27. The number of rotatable bonds is 6. The van der Waals surface area contributed by atoms with Gasteiger partial charge in [-0.05, 0) is 24.1 Å². The van der Waals surface area contributed by atoms with E-state index >= 15 is 0 Å². The molecule has 0 aliphatic rings. The molecule has 0 bridgehead atoms. The van der Waals surface area contributed by atoms with Gasteiger partial charge in [-0.25, -0.2) is 9.78 Å². The van der Waals surface area contributed by atoms with Crippen molar-refractivity contribution in [1.29, 1.82) is 0 Å². The number of aromatic carboxylic acids is 1. The molecule has 2 aromatic carbocycles. The molecule has 0 amide bonds. The maximum atomic E-state index is 11.9. The Kier molecular flexibility index (Phi) is 5.76. The van der Waals surface area contributed by atoms with Crippen molar-refractivity contribution in [2.75, 3.05) is 0 Å². The number of hydrogen-bond acceptors (Lipinski definition) is 2. The van der Waals surface area contributed by atoms with E-state index in [9.17, 15) is 9.90 Å². The smallest absolute Gasteiger partial charge is 0.339 e. The molecule has 136 valence electrons. The number of hydrogen-bond donors (Lipinski definition) is 1. The third-order valence-electron chi connectivity index (χ3n) is 4.26. The summed E-state index contributed by atoms with van der Waals surface area (Å²) in [7, 11) is 0. The van der Waals surface area contributed by atoms with Crippen molar-refractivity contribution in [3.63, 3.8) is 0 Å². The van der Waals surface area contributed by atoms with Gasteiger partial charge in [0.2, 0.25) is 0 Å². The second kappa shape index (κ2) is 7.87. The molecular weight excluding hydrogens is 395 g/mol. The zero-order chi connectivity index (χ0) is 18.8. The second-order valence-corrected chi connectivity index (χ2v) is 7.22. The van der Waals surface area contributed by atoms with Crippen LogP contribution in [0, 0.1) is 0 Å². The van der Waals surface area contributed by atoms with Crippen LogP contribution < -0.4 is 0 Å². The molecule has 0 radical (unpaired) electrons. The summed E-state index contributed by atoms with van der Waals surface area (Å²) in [5.41, 5.74) is 1.85. The lowest BCUT2D eigenvalue weighted by molar-refractivity contribution is 0.0698. The molecule has 0 unspecified atom stereocenters. The predicted molar refractivity (Wildman–Crippen MR) is 106 cm³/mol. The van der Waals surface area contributed by atoms with Crippen molar-refractivity contribution in [2.24, 2.45) is 0 Å². The number of aryl methyl sites for hydroxylation is 1. The highest BCUT2D eigenvalue weighted by atomic mass is 35.5. The molecule has 4 nitrogen and oxygen atoms in total. The van der Waals surface area contributed by atoms with Crippen molar-refractivity contribution in [2.45, 2.75) is 32.7 Å². The molecule has 0 aliphatic heterocycles. The highest BCUT2D eigenvalue weighted by molar-refractivity contribution is 6.45. The summed E-state index contributed by atoms with van der Waals surface area (Å²) in [6, 6.07) is 9.09. The van der Waals surface area contributed by atoms with Crippen LogP contribution in [-0.4, -0.2) is 20.6 Å².